The number of carbonyl (C=O) groups excluding carboxylic acids is 3. The van der Waals surface area contributed by atoms with E-state index in [1.165, 1.54) is 0 Å². The Morgan fingerprint density at radius 3 is 2.52 bits per heavy atom. The third-order valence-electron chi connectivity index (χ3n) is 5.36. The van der Waals surface area contributed by atoms with Crippen LogP contribution in [0, 0.1) is 11.8 Å². The Morgan fingerprint density at radius 1 is 1.20 bits per heavy atom. The molecule has 132 valence electrons. The Morgan fingerprint density at radius 2 is 1.88 bits per heavy atom. The zero-order valence-corrected chi connectivity index (χ0v) is 14.8. The van der Waals surface area contributed by atoms with Gasteiger partial charge < -0.3 is 4.74 Å². The van der Waals surface area contributed by atoms with Crippen LogP contribution >= 0.6 is 0 Å². The van der Waals surface area contributed by atoms with E-state index >= 15 is 0 Å². The minimum atomic E-state index is -0.809. The van der Waals surface area contributed by atoms with E-state index in [0.717, 1.165) is 28.9 Å². The second-order valence-corrected chi connectivity index (χ2v) is 6.76. The summed E-state index contributed by atoms with van der Waals surface area (Å²) in [5.74, 6) is -1.53. The molecule has 0 N–H and O–H groups in total. The molecule has 1 heterocycles. The smallest absolute Gasteiger partial charge is 0.417 e. The zero-order chi connectivity index (χ0) is 18.1. The first kappa shape index (κ1) is 17.4. The Bertz CT molecular complexity index is 737. The van der Waals surface area contributed by atoms with Crippen molar-refractivity contribution in [2.45, 2.75) is 39.7 Å². The maximum Gasteiger partial charge on any atom is 0.417 e. The lowest BCUT2D eigenvalue weighted by Gasteiger charge is -2.26. The van der Waals surface area contributed by atoms with Crippen molar-refractivity contribution in [3.63, 3.8) is 0 Å². The highest BCUT2D eigenvalue weighted by molar-refractivity contribution is 6.15. The topological polar surface area (TPSA) is 63.7 Å². The summed E-state index contributed by atoms with van der Waals surface area (Å²) in [5.41, 5.74) is 2.45. The van der Waals surface area contributed by atoms with Crippen LogP contribution in [-0.2, 0) is 14.3 Å². The van der Waals surface area contributed by atoms with E-state index in [1.807, 2.05) is 44.2 Å². The molecule has 1 aliphatic heterocycles. The van der Waals surface area contributed by atoms with Gasteiger partial charge in [-0.1, -0.05) is 49.2 Å². The number of allylic oxidation sites excluding steroid dienone is 2. The molecule has 1 aliphatic carbocycles. The maximum absolute atomic E-state index is 13.2. The summed E-state index contributed by atoms with van der Waals surface area (Å²) in [7, 11) is 0. The number of benzene rings is 1. The van der Waals surface area contributed by atoms with Gasteiger partial charge in [0.05, 0.1) is 0 Å². The van der Waals surface area contributed by atoms with E-state index in [4.69, 9.17) is 4.74 Å². The summed E-state index contributed by atoms with van der Waals surface area (Å²) in [6, 6.07) is 8.84. The van der Waals surface area contributed by atoms with Gasteiger partial charge in [0.1, 0.15) is 18.6 Å². The van der Waals surface area contributed by atoms with Crippen LogP contribution in [0.2, 0.25) is 0 Å². The van der Waals surface area contributed by atoms with Crippen molar-refractivity contribution < 1.29 is 19.1 Å². The molecule has 0 radical (unpaired) electrons. The predicted molar refractivity (Wildman–Crippen MR) is 92.6 cm³/mol. The molecule has 1 aromatic rings. The highest BCUT2D eigenvalue weighted by Crippen LogP contribution is 2.40. The Balaban J connectivity index is 1.93. The summed E-state index contributed by atoms with van der Waals surface area (Å²) in [6.07, 6.45) is 0.965. The van der Waals surface area contributed by atoms with Crippen molar-refractivity contribution in [3.8, 4) is 0 Å². The zero-order valence-electron chi connectivity index (χ0n) is 14.8. The van der Waals surface area contributed by atoms with Crippen LogP contribution in [-0.4, -0.2) is 29.3 Å². The highest BCUT2D eigenvalue weighted by Gasteiger charge is 2.49. The maximum atomic E-state index is 13.2. The van der Waals surface area contributed by atoms with Crippen molar-refractivity contribution in [1.29, 1.82) is 0 Å². The molecule has 5 heteroatoms. The molecule has 0 aromatic heterocycles. The summed E-state index contributed by atoms with van der Waals surface area (Å²) >= 11 is 0. The quantitative estimate of drug-likeness (QED) is 0.784. The molecular weight excluding hydrogens is 318 g/mol. The van der Waals surface area contributed by atoms with E-state index in [1.54, 1.807) is 6.92 Å². The monoisotopic (exact) mass is 341 g/mol. The fraction of sp³-hybridized carbons (Fsp3) is 0.450. The standard InChI is InChI=1S/C20H23NO4/c1-4-8-15-12(2)13(3)18(22)17(15)19(23)21-16(11-25-20(21)24)14-9-6-5-7-10-14/h5-7,9-10,15-17H,4,8,11H2,1-3H3/t15-,16-,17+/m1/s1. The van der Waals surface area contributed by atoms with Crippen LogP contribution in [0.5, 0.6) is 0 Å². The van der Waals surface area contributed by atoms with Gasteiger partial charge in [-0.05, 0) is 37.3 Å². The van der Waals surface area contributed by atoms with E-state index in [9.17, 15) is 14.4 Å². The van der Waals surface area contributed by atoms with Gasteiger partial charge in [0.15, 0.2) is 5.78 Å². The molecule has 3 rings (SSSR count). The lowest BCUT2D eigenvalue weighted by Crippen LogP contribution is -2.42. The minimum absolute atomic E-state index is 0.124. The number of Topliss-reactive ketones (excluding diaryl/α,β-unsaturated/α-hetero) is 1. The molecule has 1 fully saturated rings. The first-order valence-electron chi connectivity index (χ1n) is 8.73. The number of hydrogen-bond acceptors (Lipinski definition) is 4. The van der Waals surface area contributed by atoms with Crippen LogP contribution in [0.1, 0.15) is 45.2 Å². The van der Waals surface area contributed by atoms with Gasteiger partial charge in [-0.25, -0.2) is 9.69 Å². The fourth-order valence-corrected chi connectivity index (χ4v) is 3.85. The van der Waals surface area contributed by atoms with Crippen LogP contribution in [0.3, 0.4) is 0 Å². The van der Waals surface area contributed by atoms with Crippen molar-refractivity contribution in [2.75, 3.05) is 6.61 Å². The predicted octanol–water partition coefficient (Wildman–Crippen LogP) is 3.66. The lowest BCUT2D eigenvalue weighted by molar-refractivity contribution is -0.139. The molecule has 5 nitrogen and oxygen atoms in total. The Labute approximate surface area is 147 Å². The van der Waals surface area contributed by atoms with Gasteiger partial charge in [0.2, 0.25) is 5.91 Å². The molecule has 1 saturated heterocycles. The number of carbonyl (C=O) groups is 3. The Hall–Kier alpha value is -2.43. The average Bonchev–Trinajstić information content (AvgIpc) is 3.10. The SMILES string of the molecule is CCC[C@@H]1C(C)=C(C)C(=O)[C@H]1C(=O)N1C(=O)OC[C@@H]1c1ccccc1. The summed E-state index contributed by atoms with van der Waals surface area (Å²) < 4.78 is 5.14. The van der Waals surface area contributed by atoms with Crippen molar-refractivity contribution in [1.82, 2.24) is 4.90 Å². The first-order valence-corrected chi connectivity index (χ1v) is 8.73. The Kier molecular flexibility index (Phi) is 4.75. The third kappa shape index (κ3) is 2.88. The highest BCUT2D eigenvalue weighted by atomic mass is 16.6. The number of amides is 2. The second-order valence-electron chi connectivity index (χ2n) is 6.76. The van der Waals surface area contributed by atoms with E-state index in [-0.39, 0.29) is 18.3 Å². The fourth-order valence-electron chi connectivity index (χ4n) is 3.85. The van der Waals surface area contributed by atoms with Crippen LogP contribution in [0.15, 0.2) is 41.5 Å². The van der Waals surface area contributed by atoms with Crippen LogP contribution < -0.4 is 0 Å². The van der Waals surface area contributed by atoms with Crippen molar-refractivity contribution >= 4 is 17.8 Å². The molecule has 1 aromatic carbocycles. The molecule has 0 spiro atoms. The summed E-state index contributed by atoms with van der Waals surface area (Å²) in [5, 5.41) is 0. The molecule has 0 bridgehead atoms. The summed E-state index contributed by atoms with van der Waals surface area (Å²) in [4.78, 5) is 39.3. The number of rotatable bonds is 4. The molecule has 2 amide bonds. The van der Waals surface area contributed by atoms with Gasteiger partial charge in [-0.2, -0.15) is 0 Å². The minimum Gasteiger partial charge on any atom is -0.446 e. The van der Waals surface area contributed by atoms with E-state index < -0.39 is 24.0 Å². The molecule has 0 unspecified atom stereocenters. The van der Waals surface area contributed by atoms with Gasteiger partial charge >= 0.3 is 6.09 Å². The number of ether oxygens (including phenoxy) is 1. The molecule has 0 saturated carbocycles. The number of nitrogens with zero attached hydrogens (tertiary/aromatic N) is 1. The normalized spacial score (nSPS) is 26.4. The molecule has 2 aliphatic rings. The summed E-state index contributed by atoms with van der Waals surface area (Å²) in [6.45, 7) is 5.84. The van der Waals surface area contributed by atoms with Gasteiger partial charge in [0, 0.05) is 0 Å². The van der Waals surface area contributed by atoms with Crippen LogP contribution in [0.25, 0.3) is 0 Å². The van der Waals surface area contributed by atoms with E-state index in [0.29, 0.717) is 5.57 Å². The van der Waals surface area contributed by atoms with Gasteiger partial charge in [0.25, 0.3) is 0 Å². The van der Waals surface area contributed by atoms with Crippen LogP contribution in [0.4, 0.5) is 4.79 Å². The largest absolute Gasteiger partial charge is 0.446 e. The van der Waals surface area contributed by atoms with E-state index in [2.05, 4.69) is 0 Å². The molecule has 3 atom stereocenters. The molecular formula is C20H23NO4. The third-order valence-corrected chi connectivity index (χ3v) is 5.36. The van der Waals surface area contributed by atoms with Gasteiger partial charge in [-0.15, -0.1) is 0 Å². The number of imide groups is 1. The number of ketones is 1. The van der Waals surface area contributed by atoms with Gasteiger partial charge in [-0.3, -0.25) is 9.59 Å². The van der Waals surface area contributed by atoms with Crippen molar-refractivity contribution in [2.24, 2.45) is 11.8 Å². The molecule has 25 heavy (non-hydrogen) atoms. The number of cyclic esters (lactones) is 1. The second kappa shape index (κ2) is 6.82. The number of hydrogen-bond donors (Lipinski definition) is 0. The van der Waals surface area contributed by atoms with Crippen molar-refractivity contribution in [3.05, 3.63) is 47.0 Å². The lowest BCUT2D eigenvalue weighted by atomic mass is 9.86. The average molecular weight is 341 g/mol. The first-order chi connectivity index (χ1) is 12.0.